The molecule has 0 saturated carbocycles. The van der Waals surface area contributed by atoms with Crippen LogP contribution in [-0.4, -0.2) is 43.8 Å². The van der Waals surface area contributed by atoms with Crippen LogP contribution in [0, 0.1) is 13.8 Å². The van der Waals surface area contributed by atoms with Crippen LogP contribution in [-0.2, 0) is 4.74 Å². The summed E-state index contributed by atoms with van der Waals surface area (Å²) in [4.78, 5) is 29.4. The highest BCUT2D eigenvalue weighted by molar-refractivity contribution is 5.99. The molecule has 7 nitrogen and oxygen atoms in total. The fourth-order valence-corrected chi connectivity index (χ4v) is 5.56. The Labute approximate surface area is 217 Å². The van der Waals surface area contributed by atoms with E-state index < -0.39 is 6.04 Å². The maximum atomic E-state index is 14.0. The lowest BCUT2D eigenvalue weighted by molar-refractivity contribution is 0.0486. The van der Waals surface area contributed by atoms with Crippen molar-refractivity contribution in [3.05, 3.63) is 68.6 Å². The van der Waals surface area contributed by atoms with Crippen LogP contribution in [0.15, 0.2) is 39.5 Å². The zero-order valence-electron chi connectivity index (χ0n) is 22.1. The summed E-state index contributed by atoms with van der Waals surface area (Å²) < 4.78 is 23.7. The first kappa shape index (κ1) is 25.3. The number of methoxy groups -OCH3 is 1. The molecule has 2 atom stereocenters. The van der Waals surface area contributed by atoms with Crippen molar-refractivity contribution < 1.29 is 23.4 Å². The number of carbonyl (C=O) groups excluding carboxylic acids is 1. The third kappa shape index (κ3) is 4.73. The van der Waals surface area contributed by atoms with Crippen LogP contribution in [0.1, 0.15) is 77.9 Å². The molecule has 7 heteroatoms. The number of rotatable bonds is 9. The van der Waals surface area contributed by atoms with Gasteiger partial charge in [-0.25, -0.2) is 0 Å². The fourth-order valence-electron chi connectivity index (χ4n) is 5.56. The van der Waals surface area contributed by atoms with E-state index in [0.717, 1.165) is 48.8 Å². The lowest BCUT2D eigenvalue weighted by atomic mass is 9.96. The maximum Gasteiger partial charge on any atom is 0.291 e. The zero-order chi connectivity index (χ0) is 26.1. The van der Waals surface area contributed by atoms with Gasteiger partial charge in [-0.15, -0.1) is 0 Å². The van der Waals surface area contributed by atoms with Gasteiger partial charge in [-0.05, 0) is 68.0 Å². The molecule has 196 valence electrons. The van der Waals surface area contributed by atoms with E-state index in [1.807, 2.05) is 44.2 Å². The number of aryl methyl sites for hydroxylation is 2. The Morgan fingerprint density at radius 3 is 2.65 bits per heavy atom. The lowest BCUT2D eigenvalue weighted by Gasteiger charge is -2.28. The monoisotopic (exact) mass is 505 g/mol. The van der Waals surface area contributed by atoms with Crippen molar-refractivity contribution in [2.45, 2.75) is 65.0 Å². The third-order valence-corrected chi connectivity index (χ3v) is 7.35. The Morgan fingerprint density at radius 2 is 1.92 bits per heavy atom. The smallest absolute Gasteiger partial charge is 0.291 e. The van der Waals surface area contributed by atoms with E-state index in [2.05, 4.69) is 6.92 Å². The minimum Gasteiger partial charge on any atom is -0.493 e. The first-order valence-corrected chi connectivity index (χ1v) is 13.2. The van der Waals surface area contributed by atoms with E-state index in [4.69, 9.17) is 18.6 Å². The predicted octanol–water partition coefficient (Wildman–Crippen LogP) is 5.71. The molecule has 3 heterocycles. The zero-order valence-corrected chi connectivity index (χ0v) is 22.1. The molecule has 2 aromatic carbocycles. The lowest BCUT2D eigenvalue weighted by Crippen LogP contribution is -2.36. The molecule has 1 fully saturated rings. The molecule has 5 rings (SSSR count). The normalized spacial score (nSPS) is 19.0. The molecule has 0 N–H and O–H groups in total. The number of ether oxygens (including phenoxy) is 3. The van der Waals surface area contributed by atoms with Crippen LogP contribution in [0.25, 0.3) is 11.0 Å². The summed E-state index contributed by atoms with van der Waals surface area (Å²) in [5.41, 5.74) is 3.25. The minimum absolute atomic E-state index is 0.0719. The van der Waals surface area contributed by atoms with Crippen molar-refractivity contribution in [3.63, 3.8) is 0 Å². The second-order valence-electron chi connectivity index (χ2n) is 10.1. The molecule has 2 unspecified atom stereocenters. The number of unbranched alkanes of at least 4 members (excludes halogenated alkanes) is 2. The predicted molar refractivity (Wildman–Crippen MR) is 142 cm³/mol. The van der Waals surface area contributed by atoms with Gasteiger partial charge in [-0.3, -0.25) is 9.59 Å². The number of amides is 1. The Morgan fingerprint density at radius 1 is 1.08 bits per heavy atom. The van der Waals surface area contributed by atoms with Crippen molar-refractivity contribution in [1.82, 2.24) is 4.90 Å². The molecule has 2 aliphatic heterocycles. The van der Waals surface area contributed by atoms with E-state index in [1.165, 1.54) is 0 Å². The topological polar surface area (TPSA) is 78.2 Å². The fraction of sp³-hybridized carbons (Fsp3) is 0.467. The number of fused-ring (bicyclic) bond motifs is 2. The third-order valence-electron chi connectivity index (χ3n) is 7.35. The first-order chi connectivity index (χ1) is 17.9. The van der Waals surface area contributed by atoms with Gasteiger partial charge in [0.1, 0.15) is 5.58 Å². The molecule has 3 aromatic rings. The van der Waals surface area contributed by atoms with Crippen LogP contribution >= 0.6 is 0 Å². The first-order valence-electron chi connectivity index (χ1n) is 13.2. The van der Waals surface area contributed by atoms with Gasteiger partial charge in [-0.1, -0.05) is 31.9 Å². The summed E-state index contributed by atoms with van der Waals surface area (Å²) in [6.07, 6.45) is 4.95. The second-order valence-corrected chi connectivity index (χ2v) is 10.1. The molecule has 0 spiro atoms. The number of carbonyl (C=O) groups is 1. The van der Waals surface area contributed by atoms with Gasteiger partial charge < -0.3 is 23.5 Å². The molecule has 0 radical (unpaired) electrons. The molecule has 37 heavy (non-hydrogen) atoms. The summed E-state index contributed by atoms with van der Waals surface area (Å²) in [5.74, 6) is 1.05. The summed E-state index contributed by atoms with van der Waals surface area (Å²) in [6.45, 7) is 7.68. The van der Waals surface area contributed by atoms with Crippen molar-refractivity contribution in [2.24, 2.45) is 0 Å². The summed E-state index contributed by atoms with van der Waals surface area (Å²) in [6, 6.07) is 8.84. The highest BCUT2D eigenvalue weighted by Gasteiger charge is 2.44. The largest absolute Gasteiger partial charge is 0.493 e. The highest BCUT2D eigenvalue weighted by atomic mass is 16.5. The number of hydrogen-bond donors (Lipinski definition) is 0. The molecule has 1 amide bonds. The van der Waals surface area contributed by atoms with E-state index in [-0.39, 0.29) is 23.2 Å². The van der Waals surface area contributed by atoms with E-state index >= 15 is 0 Å². The number of nitrogens with zero attached hydrogens (tertiary/aromatic N) is 1. The Kier molecular flexibility index (Phi) is 7.24. The highest BCUT2D eigenvalue weighted by Crippen LogP contribution is 2.42. The van der Waals surface area contributed by atoms with Crippen molar-refractivity contribution in [1.29, 1.82) is 0 Å². The Bertz CT molecular complexity index is 1370. The summed E-state index contributed by atoms with van der Waals surface area (Å²) >= 11 is 0. The van der Waals surface area contributed by atoms with E-state index in [0.29, 0.717) is 47.8 Å². The summed E-state index contributed by atoms with van der Waals surface area (Å²) in [7, 11) is 1.60. The van der Waals surface area contributed by atoms with Gasteiger partial charge in [0.2, 0.25) is 5.76 Å². The second kappa shape index (κ2) is 10.6. The number of hydrogen-bond acceptors (Lipinski definition) is 6. The van der Waals surface area contributed by atoms with Gasteiger partial charge in [0.05, 0.1) is 36.8 Å². The quantitative estimate of drug-likeness (QED) is 0.347. The van der Waals surface area contributed by atoms with Crippen LogP contribution in [0.4, 0.5) is 0 Å². The molecular weight excluding hydrogens is 470 g/mol. The van der Waals surface area contributed by atoms with Crippen LogP contribution in [0.5, 0.6) is 11.5 Å². The summed E-state index contributed by atoms with van der Waals surface area (Å²) in [5, 5.41) is 0.518. The molecule has 1 saturated heterocycles. The van der Waals surface area contributed by atoms with E-state index in [9.17, 15) is 9.59 Å². The van der Waals surface area contributed by atoms with Crippen LogP contribution in [0.3, 0.4) is 0 Å². The van der Waals surface area contributed by atoms with Crippen molar-refractivity contribution >= 4 is 16.9 Å². The Balaban J connectivity index is 1.61. The van der Waals surface area contributed by atoms with Gasteiger partial charge in [-0.2, -0.15) is 0 Å². The van der Waals surface area contributed by atoms with Crippen LogP contribution < -0.4 is 14.9 Å². The maximum absolute atomic E-state index is 14.0. The van der Waals surface area contributed by atoms with E-state index in [1.54, 1.807) is 12.0 Å². The molecule has 0 bridgehead atoms. The molecule has 2 aliphatic rings. The molecule has 0 aliphatic carbocycles. The standard InChI is InChI=1S/C30H35NO6/c1-5-6-7-12-36-22-11-10-20(16-23(22)34-4)27-26-28(32)25-19(3)14-18(2)15-24(25)37-29(26)30(33)31(27)17-21-9-8-13-35-21/h10-11,14-16,21,27H,5-9,12-13,17H2,1-4H3. The van der Waals surface area contributed by atoms with Crippen LogP contribution in [0.2, 0.25) is 0 Å². The van der Waals surface area contributed by atoms with Crippen molar-refractivity contribution in [3.8, 4) is 11.5 Å². The van der Waals surface area contributed by atoms with Gasteiger partial charge in [0.25, 0.3) is 5.91 Å². The molecule has 1 aromatic heterocycles. The van der Waals surface area contributed by atoms with Gasteiger partial charge >= 0.3 is 0 Å². The van der Waals surface area contributed by atoms with Gasteiger partial charge in [0, 0.05) is 13.2 Å². The minimum atomic E-state index is -0.601. The average molecular weight is 506 g/mol. The average Bonchev–Trinajstić information content (AvgIpc) is 3.49. The Hall–Kier alpha value is -3.32. The van der Waals surface area contributed by atoms with Crippen molar-refractivity contribution in [2.75, 3.05) is 26.9 Å². The van der Waals surface area contributed by atoms with Gasteiger partial charge in [0.15, 0.2) is 16.9 Å². The molecular formula is C30H35NO6. The number of benzene rings is 2. The SMILES string of the molecule is CCCCCOc1ccc(C2c3c(oc4cc(C)cc(C)c4c3=O)C(=O)N2CC2CCCO2)cc1OC.